The van der Waals surface area contributed by atoms with E-state index in [9.17, 15) is 23.2 Å². The molecule has 0 bridgehead atoms. The molecule has 1 aromatic carbocycles. The number of hydroxylamine groups is 2. The highest BCUT2D eigenvalue weighted by atomic mass is 32.2. The summed E-state index contributed by atoms with van der Waals surface area (Å²) in [4.78, 5) is 23.7. The zero-order chi connectivity index (χ0) is 24.7. The molecule has 1 heterocycles. The van der Waals surface area contributed by atoms with Gasteiger partial charge in [0.05, 0.1) is 24.0 Å². The largest absolute Gasteiger partial charge is 0.370 e. The fraction of sp³-hybridized carbons (Fsp3) is 0.500. The normalized spacial score (nSPS) is 20.6. The van der Waals surface area contributed by atoms with Crippen LogP contribution >= 0.6 is 0 Å². The summed E-state index contributed by atoms with van der Waals surface area (Å²) >= 11 is 0. The molecule has 0 spiro atoms. The van der Waals surface area contributed by atoms with Gasteiger partial charge in [0.25, 0.3) is 0 Å². The number of benzene rings is 1. The van der Waals surface area contributed by atoms with Crippen LogP contribution in [0.3, 0.4) is 0 Å². The minimum absolute atomic E-state index is 0.0159. The number of hydrogen-bond donors (Lipinski definition) is 2. The van der Waals surface area contributed by atoms with E-state index < -0.39 is 21.8 Å². The molecule has 2 unspecified atom stereocenters. The molecule has 3 rings (SSSR count). The van der Waals surface area contributed by atoms with Gasteiger partial charge in [-0.1, -0.05) is 48.6 Å². The van der Waals surface area contributed by atoms with E-state index in [4.69, 9.17) is 4.74 Å². The van der Waals surface area contributed by atoms with Crippen molar-refractivity contribution in [3.8, 4) is 0 Å². The first-order valence-electron chi connectivity index (χ1n) is 11.5. The molecule has 2 N–H and O–H groups in total. The SMILES string of the molecule is CC(C)NC(=O)C1=CC=CCC1OC1CCN(S(=O)(=O)CC(c2ccccc2)N(O)C=O)CC1. The van der Waals surface area contributed by atoms with E-state index in [1.165, 1.54) is 4.31 Å². The van der Waals surface area contributed by atoms with Crippen molar-refractivity contribution >= 4 is 22.3 Å². The Balaban J connectivity index is 1.60. The van der Waals surface area contributed by atoms with Crippen LogP contribution in [0.15, 0.2) is 54.1 Å². The summed E-state index contributed by atoms with van der Waals surface area (Å²) in [6, 6.07) is 7.58. The number of sulfonamides is 1. The van der Waals surface area contributed by atoms with Gasteiger partial charge in [-0.2, -0.15) is 0 Å². The van der Waals surface area contributed by atoms with Crippen molar-refractivity contribution < 1.29 is 28.0 Å². The lowest BCUT2D eigenvalue weighted by molar-refractivity contribution is -0.159. The Morgan fingerprint density at radius 3 is 2.56 bits per heavy atom. The maximum atomic E-state index is 13.1. The maximum absolute atomic E-state index is 13.1. The Bertz CT molecular complexity index is 1000. The molecule has 0 saturated carbocycles. The topological polar surface area (TPSA) is 116 Å². The maximum Gasteiger partial charge on any atom is 0.250 e. The number of carbonyl (C=O) groups excluding carboxylic acids is 2. The lowest BCUT2D eigenvalue weighted by atomic mass is 9.99. The molecule has 0 radical (unpaired) electrons. The molecule has 1 aliphatic heterocycles. The van der Waals surface area contributed by atoms with Crippen molar-refractivity contribution in [1.29, 1.82) is 0 Å². The third-order valence-corrected chi connectivity index (χ3v) is 7.81. The van der Waals surface area contributed by atoms with Crippen molar-refractivity contribution in [2.24, 2.45) is 0 Å². The van der Waals surface area contributed by atoms with Crippen LogP contribution < -0.4 is 5.32 Å². The van der Waals surface area contributed by atoms with Crippen LogP contribution in [-0.4, -0.2) is 72.4 Å². The minimum atomic E-state index is -3.75. The van der Waals surface area contributed by atoms with Crippen LogP contribution in [-0.2, 0) is 24.3 Å². The lowest BCUT2D eigenvalue weighted by Gasteiger charge is -2.35. The summed E-state index contributed by atoms with van der Waals surface area (Å²) in [6.07, 6.45) is 6.81. The molecule has 0 aromatic heterocycles. The Labute approximate surface area is 201 Å². The summed E-state index contributed by atoms with van der Waals surface area (Å²) in [5, 5.41) is 13.3. The fourth-order valence-corrected chi connectivity index (χ4v) is 5.88. The number of ether oxygens (including phenoxy) is 1. The zero-order valence-electron chi connectivity index (χ0n) is 19.5. The van der Waals surface area contributed by atoms with Gasteiger partial charge in [-0.15, -0.1) is 0 Å². The zero-order valence-corrected chi connectivity index (χ0v) is 20.4. The first-order valence-corrected chi connectivity index (χ1v) is 13.1. The quantitative estimate of drug-likeness (QED) is 0.294. The predicted octanol–water partition coefficient (Wildman–Crippen LogP) is 2.17. The molecule has 9 nitrogen and oxygen atoms in total. The third kappa shape index (κ3) is 6.75. The molecule has 2 amide bonds. The van der Waals surface area contributed by atoms with Crippen molar-refractivity contribution in [2.75, 3.05) is 18.8 Å². The first kappa shape index (κ1) is 26.1. The van der Waals surface area contributed by atoms with Crippen LogP contribution in [0.5, 0.6) is 0 Å². The van der Waals surface area contributed by atoms with Gasteiger partial charge in [-0.25, -0.2) is 17.8 Å². The highest BCUT2D eigenvalue weighted by Crippen LogP contribution is 2.27. The van der Waals surface area contributed by atoms with E-state index >= 15 is 0 Å². The van der Waals surface area contributed by atoms with E-state index in [0.717, 1.165) is 0 Å². The second-order valence-corrected chi connectivity index (χ2v) is 10.8. The van der Waals surface area contributed by atoms with E-state index in [1.54, 1.807) is 36.4 Å². The fourth-order valence-electron chi connectivity index (χ4n) is 4.16. The minimum Gasteiger partial charge on any atom is -0.370 e. The number of carbonyl (C=O) groups is 2. The molecular formula is C24H33N3O6S. The van der Waals surface area contributed by atoms with Crippen molar-refractivity contribution in [1.82, 2.24) is 14.7 Å². The molecule has 1 aromatic rings. The van der Waals surface area contributed by atoms with Crippen molar-refractivity contribution in [3.63, 3.8) is 0 Å². The summed E-state index contributed by atoms with van der Waals surface area (Å²) < 4.78 is 33.8. The summed E-state index contributed by atoms with van der Waals surface area (Å²) in [5.41, 5.74) is 1.11. The molecular weight excluding hydrogens is 458 g/mol. The highest BCUT2D eigenvalue weighted by molar-refractivity contribution is 7.89. The summed E-state index contributed by atoms with van der Waals surface area (Å²) in [6.45, 7) is 4.33. The van der Waals surface area contributed by atoms with Crippen molar-refractivity contribution in [3.05, 3.63) is 59.7 Å². The molecule has 2 aliphatic rings. The van der Waals surface area contributed by atoms with Crippen LogP contribution in [0.4, 0.5) is 0 Å². The molecule has 10 heteroatoms. The average molecular weight is 492 g/mol. The molecule has 1 saturated heterocycles. The second-order valence-electron chi connectivity index (χ2n) is 8.83. The van der Waals surface area contributed by atoms with Gasteiger partial charge in [-0.05, 0) is 38.7 Å². The standard InChI is InChI=1S/C24H33N3O6S/c1-18(2)25-24(29)21-10-6-7-11-23(21)33-20-12-14-26(15-13-20)34(31,32)16-22(27(30)17-28)19-8-4-3-5-9-19/h3-10,17-18,20,22-23,30H,11-16H2,1-2H3,(H,25,29). The Morgan fingerprint density at radius 2 is 1.94 bits per heavy atom. The molecule has 1 fully saturated rings. The molecule has 34 heavy (non-hydrogen) atoms. The summed E-state index contributed by atoms with van der Waals surface area (Å²) in [5.74, 6) is -0.576. The number of piperidine rings is 1. The lowest BCUT2D eigenvalue weighted by Crippen LogP contribution is -2.45. The van der Waals surface area contributed by atoms with Crippen molar-refractivity contribution in [2.45, 2.75) is 57.4 Å². The molecule has 2 atom stereocenters. The number of hydrogen-bond acceptors (Lipinski definition) is 6. The molecule has 186 valence electrons. The monoisotopic (exact) mass is 491 g/mol. The van der Waals surface area contributed by atoms with Gasteiger partial charge in [0.15, 0.2) is 0 Å². The van der Waals surface area contributed by atoms with Gasteiger partial charge < -0.3 is 10.1 Å². The third-order valence-electron chi connectivity index (χ3n) is 5.92. The highest BCUT2D eigenvalue weighted by Gasteiger charge is 2.34. The van der Waals surface area contributed by atoms with Gasteiger partial charge in [0, 0.05) is 24.7 Å². The summed E-state index contributed by atoms with van der Waals surface area (Å²) in [7, 11) is -3.75. The van der Waals surface area contributed by atoms with Gasteiger partial charge in [0.2, 0.25) is 22.3 Å². The van der Waals surface area contributed by atoms with E-state index in [2.05, 4.69) is 5.32 Å². The van der Waals surface area contributed by atoms with Gasteiger partial charge in [-0.3, -0.25) is 14.8 Å². The van der Waals surface area contributed by atoms with E-state index in [1.807, 2.05) is 26.0 Å². The number of allylic oxidation sites excluding steroid dienone is 2. The Kier molecular flexibility index (Phi) is 9.01. The van der Waals surface area contributed by atoms with Crippen LogP contribution in [0.1, 0.15) is 44.7 Å². The number of nitrogens with one attached hydrogen (secondary N) is 1. The first-order chi connectivity index (χ1) is 16.2. The smallest absolute Gasteiger partial charge is 0.250 e. The average Bonchev–Trinajstić information content (AvgIpc) is 2.83. The van der Waals surface area contributed by atoms with E-state index in [-0.39, 0.29) is 43.7 Å². The van der Waals surface area contributed by atoms with Crippen LogP contribution in [0.2, 0.25) is 0 Å². The second kappa shape index (κ2) is 11.7. The predicted molar refractivity (Wildman–Crippen MR) is 127 cm³/mol. The van der Waals surface area contributed by atoms with Gasteiger partial charge >= 0.3 is 0 Å². The number of rotatable bonds is 10. The molecule has 1 aliphatic carbocycles. The van der Waals surface area contributed by atoms with Gasteiger partial charge in [0.1, 0.15) is 0 Å². The van der Waals surface area contributed by atoms with Crippen LogP contribution in [0.25, 0.3) is 0 Å². The number of amides is 2. The van der Waals surface area contributed by atoms with E-state index in [0.29, 0.717) is 35.5 Å². The Morgan fingerprint density at radius 1 is 1.26 bits per heavy atom. The van der Waals surface area contributed by atoms with Crippen LogP contribution in [0, 0.1) is 0 Å². The number of nitrogens with zero attached hydrogens (tertiary/aromatic N) is 2. The Hall–Kier alpha value is -2.53.